The summed E-state index contributed by atoms with van der Waals surface area (Å²) in [5, 5.41) is 13.4. The first kappa shape index (κ1) is 12.5. The third-order valence-corrected chi connectivity index (χ3v) is 3.57. The number of aryl methyl sites for hydroxylation is 1. The van der Waals surface area contributed by atoms with Crippen molar-refractivity contribution in [2.45, 2.75) is 31.8 Å². The molecule has 0 bridgehead atoms. The predicted octanol–water partition coefficient (Wildman–Crippen LogP) is 2.12. The van der Waals surface area contributed by atoms with Crippen molar-refractivity contribution >= 4 is 0 Å². The van der Waals surface area contributed by atoms with E-state index in [0.717, 1.165) is 44.3 Å². The zero-order valence-corrected chi connectivity index (χ0v) is 10.0. The Hall–Kier alpha value is -0.930. The quantitative estimate of drug-likeness (QED) is 0.840. The highest BCUT2D eigenvalue weighted by atomic mass is 19.1. The standard InChI is InChI=1S/C14H20FNO/c15-13-4-1-11(2-5-13)3-6-14(17)12-7-9-16-10-8-12/h1-2,4-5,12,14,16-17H,3,6-10H2. The van der Waals surface area contributed by atoms with Crippen LogP contribution in [0.1, 0.15) is 24.8 Å². The average molecular weight is 237 g/mol. The maximum atomic E-state index is 12.7. The molecular weight excluding hydrogens is 217 g/mol. The monoisotopic (exact) mass is 237 g/mol. The molecule has 0 saturated carbocycles. The number of nitrogens with one attached hydrogen (secondary N) is 1. The van der Waals surface area contributed by atoms with Crippen molar-refractivity contribution < 1.29 is 9.50 Å². The first-order chi connectivity index (χ1) is 8.25. The fourth-order valence-corrected chi connectivity index (χ4v) is 2.43. The van der Waals surface area contributed by atoms with Gasteiger partial charge >= 0.3 is 0 Å². The van der Waals surface area contributed by atoms with Crippen LogP contribution in [0.3, 0.4) is 0 Å². The molecule has 0 spiro atoms. The van der Waals surface area contributed by atoms with Crippen LogP contribution in [-0.2, 0) is 6.42 Å². The van der Waals surface area contributed by atoms with Gasteiger partial charge in [0, 0.05) is 0 Å². The molecule has 2 rings (SSSR count). The molecule has 1 fully saturated rings. The molecule has 0 radical (unpaired) electrons. The zero-order chi connectivity index (χ0) is 12.1. The second-order valence-corrected chi connectivity index (χ2v) is 4.82. The third kappa shape index (κ3) is 3.79. The second kappa shape index (κ2) is 6.12. The molecule has 3 heteroatoms. The van der Waals surface area contributed by atoms with Crippen molar-refractivity contribution in [1.82, 2.24) is 5.32 Å². The van der Waals surface area contributed by atoms with Gasteiger partial charge in [0.2, 0.25) is 0 Å². The van der Waals surface area contributed by atoms with Gasteiger partial charge in [-0.15, -0.1) is 0 Å². The number of aliphatic hydroxyl groups excluding tert-OH is 1. The van der Waals surface area contributed by atoms with Crippen LogP contribution in [0.25, 0.3) is 0 Å². The fraction of sp³-hybridized carbons (Fsp3) is 0.571. The Morgan fingerprint density at radius 2 is 1.88 bits per heavy atom. The molecular formula is C14H20FNO. The van der Waals surface area contributed by atoms with E-state index in [1.54, 1.807) is 12.1 Å². The summed E-state index contributed by atoms with van der Waals surface area (Å²) in [7, 11) is 0. The summed E-state index contributed by atoms with van der Waals surface area (Å²) in [6.45, 7) is 2.02. The van der Waals surface area contributed by atoms with Crippen LogP contribution >= 0.6 is 0 Å². The Labute approximate surface area is 102 Å². The highest BCUT2D eigenvalue weighted by Crippen LogP contribution is 2.20. The summed E-state index contributed by atoms with van der Waals surface area (Å²) >= 11 is 0. The van der Waals surface area contributed by atoms with Gasteiger partial charge in [-0.3, -0.25) is 0 Å². The molecule has 17 heavy (non-hydrogen) atoms. The van der Waals surface area contributed by atoms with E-state index in [2.05, 4.69) is 5.32 Å². The van der Waals surface area contributed by atoms with Crippen molar-refractivity contribution in [1.29, 1.82) is 0 Å². The molecule has 1 aromatic carbocycles. The Balaban J connectivity index is 1.78. The molecule has 1 aromatic rings. The van der Waals surface area contributed by atoms with Crippen molar-refractivity contribution in [2.75, 3.05) is 13.1 Å². The molecule has 0 amide bonds. The summed E-state index contributed by atoms with van der Waals surface area (Å²) in [5.74, 6) is 0.226. The molecule has 2 N–H and O–H groups in total. The molecule has 1 atom stereocenters. The summed E-state index contributed by atoms with van der Waals surface area (Å²) in [6.07, 6.45) is 3.50. The van der Waals surface area contributed by atoms with Crippen LogP contribution < -0.4 is 5.32 Å². The number of hydrogen-bond acceptors (Lipinski definition) is 2. The molecule has 1 saturated heterocycles. The van der Waals surface area contributed by atoms with E-state index < -0.39 is 0 Å². The van der Waals surface area contributed by atoms with Crippen molar-refractivity contribution in [3.8, 4) is 0 Å². The normalized spacial score (nSPS) is 19.2. The lowest BCUT2D eigenvalue weighted by atomic mass is 9.89. The number of aliphatic hydroxyl groups is 1. The highest BCUT2D eigenvalue weighted by molar-refractivity contribution is 5.16. The van der Waals surface area contributed by atoms with E-state index in [1.807, 2.05) is 0 Å². The van der Waals surface area contributed by atoms with Crippen molar-refractivity contribution in [3.63, 3.8) is 0 Å². The number of rotatable bonds is 4. The molecule has 1 aliphatic rings. The molecule has 2 nitrogen and oxygen atoms in total. The maximum absolute atomic E-state index is 12.7. The second-order valence-electron chi connectivity index (χ2n) is 4.82. The van der Waals surface area contributed by atoms with Gasteiger partial charge in [-0.05, 0) is 62.4 Å². The molecule has 0 aromatic heterocycles. The lowest BCUT2D eigenvalue weighted by Gasteiger charge is -2.27. The SMILES string of the molecule is OC(CCc1ccc(F)cc1)C1CCNCC1. The van der Waals surface area contributed by atoms with Gasteiger partial charge in [-0.2, -0.15) is 0 Å². The van der Waals surface area contributed by atoms with Gasteiger partial charge in [0.05, 0.1) is 6.10 Å². The van der Waals surface area contributed by atoms with Crippen LogP contribution in [0.2, 0.25) is 0 Å². The predicted molar refractivity (Wildman–Crippen MR) is 66.3 cm³/mol. The number of hydrogen-bond donors (Lipinski definition) is 2. The van der Waals surface area contributed by atoms with Crippen molar-refractivity contribution in [3.05, 3.63) is 35.6 Å². The number of piperidine rings is 1. The lowest BCUT2D eigenvalue weighted by Crippen LogP contribution is -2.34. The zero-order valence-electron chi connectivity index (χ0n) is 10.0. The summed E-state index contributed by atoms with van der Waals surface area (Å²) in [4.78, 5) is 0. The van der Waals surface area contributed by atoms with E-state index in [1.165, 1.54) is 12.1 Å². The topological polar surface area (TPSA) is 32.3 Å². The average Bonchev–Trinajstić information content (AvgIpc) is 2.39. The van der Waals surface area contributed by atoms with Crippen LogP contribution in [0.15, 0.2) is 24.3 Å². The Morgan fingerprint density at radius 3 is 2.53 bits per heavy atom. The lowest BCUT2D eigenvalue weighted by molar-refractivity contribution is 0.0813. The van der Waals surface area contributed by atoms with Gasteiger partial charge in [-0.1, -0.05) is 12.1 Å². The van der Waals surface area contributed by atoms with E-state index in [4.69, 9.17) is 0 Å². The largest absolute Gasteiger partial charge is 0.393 e. The summed E-state index contributed by atoms with van der Waals surface area (Å²) < 4.78 is 12.7. The maximum Gasteiger partial charge on any atom is 0.123 e. The van der Waals surface area contributed by atoms with Crippen LogP contribution in [-0.4, -0.2) is 24.3 Å². The highest BCUT2D eigenvalue weighted by Gasteiger charge is 2.20. The van der Waals surface area contributed by atoms with Gasteiger partial charge in [0.15, 0.2) is 0 Å². The van der Waals surface area contributed by atoms with Crippen LogP contribution in [0.4, 0.5) is 4.39 Å². The Morgan fingerprint density at radius 1 is 1.24 bits per heavy atom. The Bertz CT molecular complexity index is 333. The minimum absolute atomic E-state index is 0.201. The van der Waals surface area contributed by atoms with Gasteiger partial charge in [0.1, 0.15) is 5.82 Å². The van der Waals surface area contributed by atoms with Gasteiger partial charge < -0.3 is 10.4 Å². The first-order valence-corrected chi connectivity index (χ1v) is 6.39. The minimum Gasteiger partial charge on any atom is -0.393 e. The van der Waals surface area contributed by atoms with E-state index in [0.29, 0.717) is 5.92 Å². The number of halogens is 1. The molecule has 0 aliphatic carbocycles. The minimum atomic E-state index is -0.220. The van der Waals surface area contributed by atoms with Crippen molar-refractivity contribution in [2.24, 2.45) is 5.92 Å². The first-order valence-electron chi connectivity index (χ1n) is 6.39. The summed E-state index contributed by atoms with van der Waals surface area (Å²) in [5.41, 5.74) is 1.10. The third-order valence-electron chi connectivity index (χ3n) is 3.57. The van der Waals surface area contributed by atoms with E-state index in [9.17, 15) is 9.50 Å². The molecule has 1 unspecified atom stereocenters. The van der Waals surface area contributed by atoms with Crippen LogP contribution in [0, 0.1) is 11.7 Å². The smallest absolute Gasteiger partial charge is 0.123 e. The summed E-state index contributed by atoms with van der Waals surface area (Å²) in [6, 6.07) is 6.55. The number of benzene rings is 1. The fourth-order valence-electron chi connectivity index (χ4n) is 2.43. The van der Waals surface area contributed by atoms with Crippen LogP contribution in [0.5, 0.6) is 0 Å². The van der Waals surface area contributed by atoms with E-state index >= 15 is 0 Å². The molecule has 1 heterocycles. The molecule has 1 aliphatic heterocycles. The van der Waals surface area contributed by atoms with Gasteiger partial charge in [0.25, 0.3) is 0 Å². The van der Waals surface area contributed by atoms with E-state index in [-0.39, 0.29) is 11.9 Å². The van der Waals surface area contributed by atoms with Gasteiger partial charge in [-0.25, -0.2) is 4.39 Å². The molecule has 94 valence electrons. The Kier molecular flexibility index (Phi) is 4.51.